The van der Waals surface area contributed by atoms with Crippen molar-refractivity contribution in [3.8, 4) is 0 Å². The maximum Gasteiger partial charge on any atom is 0.306 e. The molecule has 10 heteroatoms. The number of hydrogen-bond acceptors (Lipinski definition) is 8. The average molecular weight is 1420 g/mol. The lowest BCUT2D eigenvalue weighted by Gasteiger charge is -2.28. The fourth-order valence-electron chi connectivity index (χ4n) is 12.4. The molecule has 2 unspecified atom stereocenters. The van der Waals surface area contributed by atoms with Gasteiger partial charge < -0.3 is 27.9 Å². The van der Waals surface area contributed by atoms with Crippen molar-refractivity contribution in [3.05, 3.63) is 109 Å². The minimum atomic E-state index is -4.65. The van der Waals surface area contributed by atoms with Crippen molar-refractivity contribution in [2.45, 2.75) is 405 Å². The highest BCUT2D eigenvalue weighted by molar-refractivity contribution is 7.45. The summed E-state index contributed by atoms with van der Waals surface area (Å²) >= 11 is 0. The molecule has 0 aliphatic heterocycles. The van der Waals surface area contributed by atoms with Crippen LogP contribution in [0.3, 0.4) is 0 Å². The van der Waals surface area contributed by atoms with Gasteiger partial charge in [0.2, 0.25) is 0 Å². The number of esters is 2. The predicted octanol–water partition coefficient (Wildman–Crippen LogP) is 28.1. The first-order valence-corrected chi connectivity index (χ1v) is 44.1. The first kappa shape index (κ1) is 96.7. The van der Waals surface area contributed by atoms with Gasteiger partial charge in [-0.15, -0.1) is 0 Å². The number of hydrogen-bond donors (Lipinski definition) is 0. The molecule has 0 aliphatic rings. The molecule has 0 radical (unpaired) electrons. The van der Waals surface area contributed by atoms with Crippen molar-refractivity contribution in [1.29, 1.82) is 0 Å². The number of unbranched alkanes of at least 4 members (excludes halogenated alkanes) is 47. The van der Waals surface area contributed by atoms with E-state index in [2.05, 4.69) is 123 Å². The smallest absolute Gasteiger partial charge is 0.306 e. The van der Waals surface area contributed by atoms with E-state index in [1.165, 1.54) is 270 Å². The van der Waals surface area contributed by atoms with Crippen LogP contribution in [0.25, 0.3) is 0 Å². The van der Waals surface area contributed by atoms with Crippen LogP contribution in [0.5, 0.6) is 0 Å². The van der Waals surface area contributed by atoms with Gasteiger partial charge in [-0.1, -0.05) is 412 Å². The standard InChI is InChI=1S/C90H162NO8P/c1-6-8-10-12-14-16-18-20-22-24-26-28-30-32-34-36-38-40-42-43-44-45-46-47-49-51-53-55-57-59-61-63-65-67-69-71-73-75-77-79-81-83-90(93)99-88(87-98-100(94,95)97-85-84-91(3,4)5)86-96-89(92)82-80-78-76-74-72-70-68-66-64-62-60-58-56-54-52-50-48-41-39-37-35-33-31-29-27-25-23-21-19-17-15-13-11-9-7-2/h8,10,14,16,20,22,26,28,32,34,38,40,43-44,46-47,51,53,88H,6-7,9,11-13,15,17-19,21,23-25,27,29-31,33,35-37,39,41-42,45,48-50,52,54-87H2,1-5H3/b10-8-,16-14-,22-20-,28-26-,34-32-,40-38-,44-43-,47-46-,53-51-. The Balaban J connectivity index is 3.95. The lowest BCUT2D eigenvalue weighted by atomic mass is 10.0. The second-order valence-corrected chi connectivity index (χ2v) is 31.2. The fraction of sp³-hybridized carbons (Fsp3) is 0.778. The maximum absolute atomic E-state index is 12.9. The van der Waals surface area contributed by atoms with E-state index in [0.717, 1.165) is 96.3 Å². The topological polar surface area (TPSA) is 111 Å². The van der Waals surface area contributed by atoms with Crippen molar-refractivity contribution in [2.75, 3.05) is 47.5 Å². The molecule has 0 amide bonds. The van der Waals surface area contributed by atoms with Crippen LogP contribution in [-0.4, -0.2) is 70.0 Å². The highest BCUT2D eigenvalue weighted by Crippen LogP contribution is 2.38. The van der Waals surface area contributed by atoms with E-state index in [0.29, 0.717) is 17.4 Å². The average Bonchev–Trinajstić information content (AvgIpc) is 1.30. The molecule has 9 nitrogen and oxygen atoms in total. The molecule has 0 aliphatic carbocycles. The van der Waals surface area contributed by atoms with Crippen LogP contribution in [0.2, 0.25) is 0 Å². The largest absolute Gasteiger partial charge is 0.756 e. The lowest BCUT2D eigenvalue weighted by molar-refractivity contribution is -0.870. The van der Waals surface area contributed by atoms with Crippen LogP contribution >= 0.6 is 7.82 Å². The molecule has 0 fully saturated rings. The normalized spacial score (nSPS) is 13.5. The number of nitrogens with zero attached hydrogens (tertiary/aromatic N) is 1. The van der Waals surface area contributed by atoms with Gasteiger partial charge in [0.25, 0.3) is 7.82 Å². The Labute approximate surface area is 620 Å². The summed E-state index contributed by atoms with van der Waals surface area (Å²) in [7, 11) is 1.18. The molecule has 0 saturated carbocycles. The van der Waals surface area contributed by atoms with Gasteiger partial charge in [0.15, 0.2) is 6.10 Å². The Bertz CT molecular complexity index is 2060. The summed E-state index contributed by atoms with van der Waals surface area (Å²) in [6.07, 6.45) is 114. The van der Waals surface area contributed by atoms with Crippen LogP contribution < -0.4 is 4.89 Å². The molecule has 0 spiro atoms. The number of allylic oxidation sites excluding steroid dienone is 18. The number of likely N-dealkylation sites (N-methyl/N-ethyl adjacent to an activating group) is 1. The molecule has 0 rings (SSSR count). The summed E-state index contributed by atoms with van der Waals surface area (Å²) < 4.78 is 34.5. The van der Waals surface area contributed by atoms with Crippen molar-refractivity contribution >= 4 is 19.8 Å². The summed E-state index contributed by atoms with van der Waals surface area (Å²) in [6.45, 7) is 4.18. The Hall–Kier alpha value is -3.33. The van der Waals surface area contributed by atoms with Crippen molar-refractivity contribution in [2.24, 2.45) is 0 Å². The molecule has 0 aromatic carbocycles. The second-order valence-electron chi connectivity index (χ2n) is 29.8. The number of phosphoric ester groups is 1. The van der Waals surface area contributed by atoms with Crippen LogP contribution in [-0.2, 0) is 32.7 Å². The number of rotatable bonds is 79. The summed E-state index contributed by atoms with van der Waals surface area (Å²) in [5, 5.41) is 0. The number of phosphoric acid groups is 1. The molecule has 2 atom stereocenters. The third-order valence-corrected chi connectivity index (χ3v) is 19.8. The molecule has 0 heterocycles. The highest BCUT2D eigenvalue weighted by atomic mass is 31.2. The van der Waals surface area contributed by atoms with Gasteiger partial charge in [-0.3, -0.25) is 14.2 Å². The van der Waals surface area contributed by atoms with Gasteiger partial charge in [0.1, 0.15) is 19.8 Å². The molecule has 580 valence electrons. The zero-order chi connectivity index (χ0) is 72.5. The monoisotopic (exact) mass is 1420 g/mol. The molecule has 0 saturated heterocycles. The maximum atomic E-state index is 12.9. The second kappa shape index (κ2) is 79.8. The summed E-state index contributed by atoms with van der Waals surface area (Å²) in [6, 6.07) is 0. The number of carbonyl (C=O) groups excluding carboxylic acids is 2. The van der Waals surface area contributed by atoms with Gasteiger partial charge in [-0.25, -0.2) is 0 Å². The number of carbonyl (C=O) groups is 2. The van der Waals surface area contributed by atoms with E-state index in [4.69, 9.17) is 18.5 Å². The predicted molar refractivity (Wildman–Crippen MR) is 434 cm³/mol. The molecule has 0 N–H and O–H groups in total. The van der Waals surface area contributed by atoms with Gasteiger partial charge >= 0.3 is 11.9 Å². The van der Waals surface area contributed by atoms with E-state index < -0.39 is 26.5 Å². The summed E-state index contributed by atoms with van der Waals surface area (Å²) in [5.74, 6) is -0.820. The first-order valence-electron chi connectivity index (χ1n) is 42.6. The molecule has 0 aromatic heterocycles. The first-order chi connectivity index (χ1) is 49.0. The third-order valence-electron chi connectivity index (χ3n) is 18.8. The van der Waals surface area contributed by atoms with Crippen LogP contribution in [0, 0.1) is 0 Å². The van der Waals surface area contributed by atoms with E-state index in [1.807, 2.05) is 21.1 Å². The minimum Gasteiger partial charge on any atom is -0.756 e. The number of quaternary nitrogens is 1. The molecule has 0 bridgehead atoms. The Morgan fingerprint density at radius 1 is 0.320 bits per heavy atom. The van der Waals surface area contributed by atoms with Crippen LogP contribution in [0.15, 0.2) is 109 Å². The lowest BCUT2D eigenvalue weighted by Crippen LogP contribution is -2.37. The molecule has 100 heavy (non-hydrogen) atoms. The fourth-order valence-corrected chi connectivity index (χ4v) is 13.1. The quantitative estimate of drug-likeness (QED) is 0.0195. The minimum absolute atomic E-state index is 0.0323. The SMILES string of the molecule is CC/C=C\C/C=C\C/C=C\C/C=C\C/C=C\C/C=C\C/C=C\C/C=C\C/C=C\CCCCCCCCCCCCCCCC(=O)OC(COC(=O)CCCCCCCCCCCCCCCCCCCCCCCCCCCCCCCCCCCCC)COP(=O)([O-])OCC[N+](C)(C)C. The molecule has 0 aromatic rings. The van der Waals surface area contributed by atoms with E-state index in [9.17, 15) is 19.0 Å². The Morgan fingerprint density at radius 2 is 0.570 bits per heavy atom. The van der Waals surface area contributed by atoms with E-state index in [-0.39, 0.29) is 32.0 Å². The number of ether oxygens (including phenoxy) is 2. The summed E-state index contributed by atoms with van der Waals surface area (Å²) in [5.41, 5.74) is 0. The Morgan fingerprint density at radius 3 is 0.850 bits per heavy atom. The van der Waals surface area contributed by atoms with Gasteiger partial charge in [0.05, 0.1) is 27.7 Å². The van der Waals surface area contributed by atoms with Gasteiger partial charge in [-0.05, 0) is 83.5 Å². The van der Waals surface area contributed by atoms with E-state index >= 15 is 0 Å². The highest BCUT2D eigenvalue weighted by Gasteiger charge is 2.22. The van der Waals surface area contributed by atoms with E-state index in [1.54, 1.807) is 0 Å². The van der Waals surface area contributed by atoms with Crippen molar-refractivity contribution in [3.63, 3.8) is 0 Å². The van der Waals surface area contributed by atoms with Gasteiger partial charge in [-0.2, -0.15) is 0 Å². The molecular formula is C90H162NO8P. The van der Waals surface area contributed by atoms with Crippen LogP contribution in [0.4, 0.5) is 0 Å². The molecular weight excluding hydrogens is 1250 g/mol. The zero-order valence-electron chi connectivity index (χ0n) is 66.4. The Kier molecular flexibility index (Phi) is 77.1. The zero-order valence-corrected chi connectivity index (χ0v) is 67.3. The van der Waals surface area contributed by atoms with Crippen molar-refractivity contribution in [1.82, 2.24) is 0 Å². The third kappa shape index (κ3) is 83.6. The summed E-state index contributed by atoms with van der Waals surface area (Å²) in [4.78, 5) is 38.2. The van der Waals surface area contributed by atoms with Crippen molar-refractivity contribution < 1.29 is 42.1 Å². The van der Waals surface area contributed by atoms with Crippen LogP contribution in [0.1, 0.15) is 399 Å². The van der Waals surface area contributed by atoms with Gasteiger partial charge in [0, 0.05) is 12.8 Å².